The minimum Gasteiger partial charge on any atom is -1.00 e. The first-order chi connectivity index (χ1) is 12.5. The van der Waals surface area contributed by atoms with Crippen molar-refractivity contribution < 1.29 is 21.9 Å². The molecule has 0 spiro atoms. The van der Waals surface area contributed by atoms with Crippen molar-refractivity contribution in [3.8, 4) is 0 Å². The normalized spacial score (nSPS) is 10.8. The molecule has 3 aromatic rings. The number of pyridine rings is 1. The summed E-state index contributed by atoms with van der Waals surface area (Å²) in [5, 5.41) is 11.1. The van der Waals surface area contributed by atoms with E-state index in [0.717, 1.165) is 11.4 Å². The highest BCUT2D eigenvalue weighted by atomic mass is 35.5. The Morgan fingerprint density at radius 1 is 1.00 bits per heavy atom. The number of para-hydroxylation sites is 1. The van der Waals surface area contributed by atoms with Crippen molar-refractivity contribution in [3.05, 3.63) is 94.8 Å². The topological polar surface area (TPSA) is 62.6 Å². The van der Waals surface area contributed by atoms with Gasteiger partial charge in [-0.3, -0.25) is 10.1 Å². The smallest absolute Gasteiger partial charge is 0.335 e. The molecule has 138 valence electrons. The molecule has 0 unspecified atom stereocenters. The van der Waals surface area contributed by atoms with Crippen LogP contribution < -0.4 is 21.9 Å². The van der Waals surface area contributed by atoms with Crippen LogP contribution in [-0.2, 0) is 0 Å². The third kappa shape index (κ3) is 4.89. The van der Waals surface area contributed by atoms with E-state index in [1.165, 1.54) is 12.1 Å². The summed E-state index contributed by atoms with van der Waals surface area (Å²) in [5.74, 6) is 0.616. The summed E-state index contributed by atoms with van der Waals surface area (Å²) in [6, 6.07) is 20.0. The first-order valence-corrected chi connectivity index (χ1v) is 8.12. The zero-order valence-corrected chi connectivity index (χ0v) is 15.7. The maximum atomic E-state index is 11.1. The van der Waals surface area contributed by atoms with Crippen LogP contribution in [-0.4, -0.2) is 24.9 Å². The van der Waals surface area contributed by atoms with Gasteiger partial charge in [0, 0.05) is 44.0 Å². The Hall–Kier alpha value is -3.25. The predicted octanol–water partition coefficient (Wildman–Crippen LogP) is 0.579. The van der Waals surface area contributed by atoms with Crippen LogP contribution >= 0.6 is 0 Å². The lowest BCUT2D eigenvalue weighted by Gasteiger charge is -2.11. The second-order valence-corrected chi connectivity index (χ2v) is 5.94. The highest BCUT2D eigenvalue weighted by Gasteiger charge is 2.19. The summed E-state index contributed by atoms with van der Waals surface area (Å²) < 4.78 is 1.86. The summed E-state index contributed by atoms with van der Waals surface area (Å²) in [6.07, 6.45) is 3.80. The van der Waals surface area contributed by atoms with Crippen molar-refractivity contribution in [1.82, 2.24) is 0 Å². The minimum atomic E-state index is -0.399. The van der Waals surface area contributed by atoms with E-state index >= 15 is 0 Å². The van der Waals surface area contributed by atoms with Gasteiger partial charge in [0.25, 0.3) is 5.69 Å². The number of halogens is 1. The van der Waals surface area contributed by atoms with Gasteiger partial charge in [0.05, 0.1) is 22.9 Å². The van der Waals surface area contributed by atoms with Crippen molar-refractivity contribution in [2.75, 3.05) is 19.0 Å². The molecule has 0 atom stereocenters. The van der Waals surface area contributed by atoms with Crippen LogP contribution in [0.4, 0.5) is 17.1 Å². The molecule has 0 N–H and O–H groups in total. The average Bonchev–Trinajstić information content (AvgIpc) is 2.67. The quantitative estimate of drug-likeness (QED) is 0.218. The van der Waals surface area contributed by atoms with Gasteiger partial charge in [-0.1, -0.05) is 24.3 Å². The van der Waals surface area contributed by atoms with Gasteiger partial charge in [-0.25, -0.2) is 4.57 Å². The van der Waals surface area contributed by atoms with Crippen LogP contribution in [0.3, 0.4) is 0 Å². The van der Waals surface area contributed by atoms with E-state index in [9.17, 15) is 10.1 Å². The predicted molar refractivity (Wildman–Crippen MR) is 102 cm³/mol. The van der Waals surface area contributed by atoms with Gasteiger partial charge < -0.3 is 17.3 Å². The third-order valence-corrected chi connectivity index (χ3v) is 3.88. The number of nitrogens with zero attached hydrogens (tertiary/aromatic N) is 4. The number of hydrogen-bond acceptors (Lipinski definition) is 4. The molecule has 3 rings (SSSR count). The Kier molecular flexibility index (Phi) is 6.62. The van der Waals surface area contributed by atoms with Gasteiger partial charge in [-0.15, -0.1) is 0 Å². The molecule has 7 heteroatoms. The molecule has 27 heavy (non-hydrogen) atoms. The van der Waals surface area contributed by atoms with Crippen LogP contribution in [0, 0.1) is 10.1 Å². The van der Waals surface area contributed by atoms with Crippen molar-refractivity contribution in [3.63, 3.8) is 0 Å². The Bertz CT molecular complexity index is 942. The van der Waals surface area contributed by atoms with Crippen molar-refractivity contribution >= 4 is 22.9 Å². The lowest BCUT2D eigenvalue weighted by atomic mass is 10.1. The summed E-state index contributed by atoms with van der Waals surface area (Å²) in [7, 11) is 3.94. The molecule has 0 radical (unpaired) electrons. The number of benzene rings is 2. The Morgan fingerprint density at radius 2 is 1.67 bits per heavy atom. The molecule has 1 aromatic heterocycles. The number of hydrogen-bond donors (Lipinski definition) is 0. The summed E-state index contributed by atoms with van der Waals surface area (Å²) >= 11 is 0. The maximum Gasteiger partial charge on any atom is 0.335 e. The van der Waals surface area contributed by atoms with Gasteiger partial charge >= 0.3 is 5.84 Å². The van der Waals surface area contributed by atoms with Crippen molar-refractivity contribution in [2.45, 2.75) is 0 Å². The standard InChI is InChI=1S/C20H19N4O2.ClH/c1-22(2)18-11-13-23(14-12-18)20(21-17-8-4-3-5-9-17)16-7-6-10-19(15-16)24(25)26;/h3-15H,1-2H3;1H/q+1;/p-1. The minimum absolute atomic E-state index is 0. The molecule has 1 heterocycles. The molecule has 0 aliphatic heterocycles. The maximum absolute atomic E-state index is 11.1. The number of aliphatic imine (C=N–C) groups is 1. The molecule has 2 aromatic carbocycles. The number of rotatable bonds is 4. The van der Waals surface area contributed by atoms with E-state index < -0.39 is 4.92 Å². The molecule has 6 nitrogen and oxygen atoms in total. The van der Waals surface area contributed by atoms with Crippen molar-refractivity contribution in [1.29, 1.82) is 0 Å². The highest BCUT2D eigenvalue weighted by Crippen LogP contribution is 2.17. The molecule has 0 bridgehead atoms. The SMILES string of the molecule is CN(C)c1cc[n+](C(=Nc2ccccc2)c2cccc([N+](=O)[O-])c2)cc1.[Cl-]. The Balaban J connectivity index is 0.00000261. The lowest BCUT2D eigenvalue weighted by Crippen LogP contribution is -3.00. The average molecular weight is 383 g/mol. The van der Waals surface area contributed by atoms with E-state index in [0.29, 0.717) is 11.4 Å². The fraction of sp³-hybridized carbons (Fsp3) is 0.100. The zero-order chi connectivity index (χ0) is 18.5. The summed E-state index contributed by atoms with van der Waals surface area (Å²) in [5.41, 5.74) is 2.54. The molecule has 0 saturated heterocycles. The fourth-order valence-corrected chi connectivity index (χ4v) is 2.51. The largest absolute Gasteiger partial charge is 1.00 e. The molecule has 0 saturated carbocycles. The van der Waals surface area contributed by atoms with E-state index in [1.807, 2.05) is 84.5 Å². The molecule has 0 fully saturated rings. The van der Waals surface area contributed by atoms with E-state index in [-0.39, 0.29) is 18.1 Å². The van der Waals surface area contributed by atoms with Crippen LogP contribution in [0.15, 0.2) is 84.1 Å². The molecular formula is C20H19ClN4O2. The van der Waals surface area contributed by atoms with Crippen LogP contribution in [0.5, 0.6) is 0 Å². The number of non-ortho nitro benzene ring substituents is 1. The molecular weight excluding hydrogens is 364 g/mol. The third-order valence-electron chi connectivity index (χ3n) is 3.88. The van der Waals surface area contributed by atoms with E-state index in [2.05, 4.69) is 0 Å². The van der Waals surface area contributed by atoms with E-state index in [1.54, 1.807) is 6.07 Å². The first-order valence-electron chi connectivity index (χ1n) is 8.12. The highest BCUT2D eigenvalue weighted by molar-refractivity contribution is 5.94. The van der Waals surface area contributed by atoms with Crippen LogP contribution in [0.1, 0.15) is 5.56 Å². The second-order valence-electron chi connectivity index (χ2n) is 5.94. The zero-order valence-electron chi connectivity index (χ0n) is 15.0. The number of anilines is 1. The lowest BCUT2D eigenvalue weighted by molar-refractivity contribution is -0.554. The number of nitro groups is 1. The van der Waals surface area contributed by atoms with Gasteiger partial charge in [0.1, 0.15) is 0 Å². The summed E-state index contributed by atoms with van der Waals surface area (Å²) in [4.78, 5) is 17.5. The molecule has 0 aliphatic rings. The molecule has 0 amide bonds. The monoisotopic (exact) mass is 382 g/mol. The fourth-order valence-electron chi connectivity index (χ4n) is 2.51. The van der Waals surface area contributed by atoms with Gasteiger partial charge in [-0.05, 0) is 23.2 Å². The van der Waals surface area contributed by atoms with Gasteiger partial charge in [0.2, 0.25) is 0 Å². The van der Waals surface area contributed by atoms with Crippen molar-refractivity contribution in [2.24, 2.45) is 4.99 Å². The first kappa shape index (κ1) is 20.1. The van der Waals surface area contributed by atoms with Crippen LogP contribution in [0.2, 0.25) is 0 Å². The Labute approximate surface area is 164 Å². The van der Waals surface area contributed by atoms with E-state index in [4.69, 9.17) is 4.99 Å². The summed E-state index contributed by atoms with van der Waals surface area (Å²) in [6.45, 7) is 0. The van der Waals surface area contributed by atoms with Gasteiger partial charge in [0.15, 0.2) is 5.69 Å². The number of nitro benzene ring substituents is 1. The second kappa shape index (κ2) is 8.91. The van der Waals surface area contributed by atoms with Crippen LogP contribution in [0.25, 0.3) is 0 Å². The number of aromatic nitrogens is 1. The Morgan fingerprint density at radius 3 is 2.26 bits per heavy atom. The molecule has 0 aliphatic carbocycles. The van der Waals surface area contributed by atoms with Gasteiger partial charge in [-0.2, -0.15) is 0 Å².